The third-order valence-corrected chi connectivity index (χ3v) is 1.76. The minimum absolute atomic E-state index is 0.367. The molecule has 0 amide bonds. The lowest BCUT2D eigenvalue weighted by Gasteiger charge is -2.15. The van der Waals surface area contributed by atoms with Crippen LogP contribution in [0.15, 0.2) is 6.20 Å². The zero-order valence-corrected chi connectivity index (χ0v) is 8.13. The lowest BCUT2D eigenvalue weighted by Crippen LogP contribution is -2.19. The highest BCUT2D eigenvalue weighted by Crippen LogP contribution is 2.40. The van der Waals surface area contributed by atoms with E-state index in [2.05, 4.69) is 9.72 Å². The highest BCUT2D eigenvalue weighted by atomic mass is 19.4. The van der Waals surface area contributed by atoms with E-state index in [1.54, 1.807) is 0 Å². The second-order valence-corrected chi connectivity index (χ2v) is 2.89. The number of aromatic nitrogens is 1. The van der Waals surface area contributed by atoms with Crippen molar-refractivity contribution in [1.29, 1.82) is 0 Å². The van der Waals surface area contributed by atoms with Crippen LogP contribution in [0.1, 0.15) is 17.7 Å². The van der Waals surface area contributed by atoms with E-state index in [9.17, 15) is 27.1 Å². The molecule has 0 spiro atoms. The molecule has 0 unspecified atom stereocenters. The predicted molar refractivity (Wildman–Crippen MR) is 45.4 cm³/mol. The van der Waals surface area contributed by atoms with E-state index in [4.69, 9.17) is 5.73 Å². The Morgan fingerprint density at radius 3 is 2.41 bits per heavy atom. The van der Waals surface area contributed by atoms with Crippen LogP contribution in [0.5, 0.6) is 11.5 Å². The molecule has 0 aliphatic rings. The first kappa shape index (κ1) is 13.4. The molecule has 1 aromatic rings. The number of hydrogen-bond acceptors (Lipinski definition) is 4. The zero-order chi connectivity index (χ0) is 13.2. The van der Waals surface area contributed by atoms with Gasteiger partial charge in [0.25, 0.3) is 6.43 Å². The maximum atomic E-state index is 12.4. The van der Waals surface area contributed by atoms with E-state index in [0.29, 0.717) is 6.20 Å². The first-order chi connectivity index (χ1) is 7.76. The van der Waals surface area contributed by atoms with E-state index in [1.165, 1.54) is 0 Å². The largest absolute Gasteiger partial charge is 0.573 e. The van der Waals surface area contributed by atoms with Crippen molar-refractivity contribution >= 4 is 0 Å². The highest BCUT2D eigenvalue weighted by molar-refractivity contribution is 5.48. The molecule has 0 saturated carbocycles. The number of halogens is 5. The van der Waals surface area contributed by atoms with Crippen molar-refractivity contribution in [3.8, 4) is 11.5 Å². The number of aromatic hydroxyl groups is 1. The Hall–Kier alpha value is -1.64. The van der Waals surface area contributed by atoms with Crippen LogP contribution >= 0.6 is 0 Å². The standard InChI is InChI=1S/C8H7F5N2O2/c9-7(10)3-2-15-4(1-14)5(16)6(3)17-8(11,12)13/h2,7,16H,1,14H2. The van der Waals surface area contributed by atoms with Crippen LogP contribution < -0.4 is 10.5 Å². The molecule has 1 aromatic heterocycles. The summed E-state index contributed by atoms with van der Waals surface area (Å²) in [5, 5.41) is 9.28. The number of pyridine rings is 1. The van der Waals surface area contributed by atoms with Gasteiger partial charge in [-0.05, 0) is 0 Å². The number of ether oxygens (including phenoxy) is 1. The van der Waals surface area contributed by atoms with E-state index in [-0.39, 0.29) is 5.69 Å². The molecule has 9 heteroatoms. The minimum atomic E-state index is -5.20. The van der Waals surface area contributed by atoms with Gasteiger partial charge in [0.2, 0.25) is 0 Å². The molecule has 96 valence electrons. The van der Waals surface area contributed by atoms with Crippen LogP contribution in [0, 0.1) is 0 Å². The van der Waals surface area contributed by atoms with Gasteiger partial charge in [-0.3, -0.25) is 4.98 Å². The van der Waals surface area contributed by atoms with Gasteiger partial charge in [0.05, 0.1) is 11.3 Å². The summed E-state index contributed by atoms with van der Waals surface area (Å²) in [6.45, 7) is -0.413. The van der Waals surface area contributed by atoms with E-state index in [0.717, 1.165) is 0 Å². The second kappa shape index (κ2) is 4.70. The Kier molecular flexibility index (Phi) is 3.71. The van der Waals surface area contributed by atoms with Crippen LogP contribution in [0.4, 0.5) is 22.0 Å². The van der Waals surface area contributed by atoms with Crippen LogP contribution in [0.2, 0.25) is 0 Å². The maximum Gasteiger partial charge on any atom is 0.573 e. The van der Waals surface area contributed by atoms with Crippen molar-refractivity contribution in [2.75, 3.05) is 0 Å². The molecule has 0 radical (unpaired) electrons. The van der Waals surface area contributed by atoms with Gasteiger partial charge in [-0.1, -0.05) is 0 Å². The fraction of sp³-hybridized carbons (Fsp3) is 0.375. The van der Waals surface area contributed by atoms with Crippen LogP contribution in [-0.2, 0) is 6.54 Å². The third kappa shape index (κ3) is 3.16. The maximum absolute atomic E-state index is 12.4. The quantitative estimate of drug-likeness (QED) is 0.814. The average Bonchev–Trinajstić information content (AvgIpc) is 2.18. The molecule has 4 nitrogen and oxygen atoms in total. The summed E-state index contributed by atoms with van der Waals surface area (Å²) in [7, 11) is 0. The molecule has 0 aliphatic heterocycles. The second-order valence-electron chi connectivity index (χ2n) is 2.89. The molecular weight excluding hydrogens is 251 g/mol. The fourth-order valence-corrected chi connectivity index (χ4v) is 1.06. The molecule has 1 rings (SSSR count). The molecule has 0 bridgehead atoms. The molecule has 17 heavy (non-hydrogen) atoms. The summed E-state index contributed by atoms with van der Waals surface area (Å²) in [5.41, 5.74) is 3.54. The first-order valence-corrected chi connectivity index (χ1v) is 4.21. The van der Waals surface area contributed by atoms with Gasteiger partial charge in [0.1, 0.15) is 0 Å². The number of rotatable bonds is 3. The summed E-state index contributed by atoms with van der Waals surface area (Å²) in [6.07, 6.45) is -7.99. The van der Waals surface area contributed by atoms with Crippen LogP contribution in [0.3, 0.4) is 0 Å². The molecule has 0 atom stereocenters. The Bertz CT molecular complexity index is 408. The first-order valence-electron chi connectivity index (χ1n) is 4.21. The van der Waals surface area contributed by atoms with Crippen LogP contribution in [0.25, 0.3) is 0 Å². The molecular formula is C8H7F5N2O2. The highest BCUT2D eigenvalue weighted by Gasteiger charge is 2.35. The van der Waals surface area contributed by atoms with Gasteiger partial charge < -0.3 is 15.6 Å². The summed E-state index contributed by atoms with van der Waals surface area (Å²) in [5.74, 6) is -2.51. The summed E-state index contributed by atoms with van der Waals surface area (Å²) < 4.78 is 64.0. The molecule has 0 saturated heterocycles. The number of nitrogens with two attached hydrogens (primary N) is 1. The summed E-state index contributed by atoms with van der Waals surface area (Å²) in [6, 6.07) is 0. The Labute approximate surface area is 91.8 Å². The zero-order valence-electron chi connectivity index (χ0n) is 8.13. The Morgan fingerprint density at radius 1 is 1.41 bits per heavy atom. The van der Waals surface area contributed by atoms with Gasteiger partial charge in [0.15, 0.2) is 11.5 Å². The smallest absolute Gasteiger partial charge is 0.503 e. The van der Waals surface area contributed by atoms with Crippen LogP contribution in [-0.4, -0.2) is 16.5 Å². The number of nitrogens with zero attached hydrogens (tertiary/aromatic N) is 1. The topological polar surface area (TPSA) is 68.4 Å². The molecule has 0 fully saturated rings. The molecule has 0 aromatic carbocycles. The minimum Gasteiger partial charge on any atom is -0.503 e. The normalized spacial score (nSPS) is 11.9. The van der Waals surface area contributed by atoms with Gasteiger partial charge >= 0.3 is 6.36 Å². The monoisotopic (exact) mass is 258 g/mol. The van der Waals surface area contributed by atoms with Gasteiger partial charge in [-0.15, -0.1) is 13.2 Å². The van der Waals surface area contributed by atoms with E-state index < -0.39 is 36.4 Å². The fourth-order valence-electron chi connectivity index (χ4n) is 1.06. The summed E-state index contributed by atoms with van der Waals surface area (Å²) >= 11 is 0. The molecule has 1 heterocycles. The lowest BCUT2D eigenvalue weighted by molar-refractivity contribution is -0.275. The Balaban J connectivity index is 3.30. The average molecular weight is 258 g/mol. The SMILES string of the molecule is NCc1ncc(C(F)F)c(OC(F)(F)F)c1O. The predicted octanol–water partition coefficient (Wildman–Crippen LogP) is 2.08. The van der Waals surface area contributed by atoms with E-state index in [1.807, 2.05) is 0 Å². The van der Waals surface area contributed by atoms with E-state index >= 15 is 0 Å². The number of alkyl halides is 5. The van der Waals surface area contributed by atoms with Crippen molar-refractivity contribution < 1.29 is 31.8 Å². The van der Waals surface area contributed by atoms with Crippen molar-refractivity contribution in [1.82, 2.24) is 4.98 Å². The van der Waals surface area contributed by atoms with Gasteiger partial charge in [0, 0.05) is 12.7 Å². The third-order valence-electron chi connectivity index (χ3n) is 1.76. The molecule has 0 aliphatic carbocycles. The van der Waals surface area contributed by atoms with Crippen molar-refractivity contribution in [2.24, 2.45) is 5.73 Å². The van der Waals surface area contributed by atoms with Gasteiger partial charge in [-0.2, -0.15) is 0 Å². The lowest BCUT2D eigenvalue weighted by atomic mass is 10.2. The van der Waals surface area contributed by atoms with Crippen molar-refractivity contribution in [2.45, 2.75) is 19.3 Å². The van der Waals surface area contributed by atoms with Crippen molar-refractivity contribution in [3.63, 3.8) is 0 Å². The van der Waals surface area contributed by atoms with Gasteiger partial charge in [-0.25, -0.2) is 8.78 Å². The number of hydrogen-bond donors (Lipinski definition) is 2. The Morgan fingerprint density at radius 2 is 2.00 bits per heavy atom. The summed E-state index contributed by atoms with van der Waals surface area (Å²) in [4.78, 5) is 3.31. The van der Waals surface area contributed by atoms with Crippen molar-refractivity contribution in [3.05, 3.63) is 17.5 Å². The molecule has 3 N–H and O–H groups in total.